The van der Waals surface area contributed by atoms with Crippen LogP contribution >= 0.6 is 34.7 Å². The van der Waals surface area contributed by atoms with E-state index in [-0.39, 0.29) is 17.0 Å². The number of carboxylic acid groups (broad SMARTS) is 1. The predicted molar refractivity (Wildman–Crippen MR) is 162 cm³/mol. The van der Waals surface area contributed by atoms with Gasteiger partial charge in [0.05, 0.1) is 16.5 Å². The fraction of sp³-hybridized carbons (Fsp3) is 0.0667. The van der Waals surface area contributed by atoms with E-state index in [1.54, 1.807) is 61.5 Å². The Balaban J connectivity index is 1.26. The molecule has 0 radical (unpaired) electrons. The van der Waals surface area contributed by atoms with Gasteiger partial charge in [-0.15, -0.1) is 23.1 Å². The third-order valence-corrected chi connectivity index (χ3v) is 8.22. The average Bonchev–Trinajstić information content (AvgIpc) is 3.40. The topological polar surface area (TPSA) is 108 Å². The number of nitrogens with zero attached hydrogens (tertiary/aromatic N) is 1. The first-order valence-electron chi connectivity index (χ1n) is 12.1. The monoisotopic (exact) mass is 587 g/mol. The van der Waals surface area contributed by atoms with Gasteiger partial charge in [-0.25, -0.2) is 9.78 Å². The number of amides is 2. The number of carboxylic acids is 1. The number of fused-ring (bicyclic) bond motifs is 1. The van der Waals surface area contributed by atoms with Crippen molar-refractivity contribution < 1.29 is 19.5 Å². The SMILES string of the molecule is CC(Sc1cccc(NC(=O)c2cccc3cccc(C(=O)O)c23)c1)C(=O)Nc1nc(-c2ccccc2Cl)cs1. The zero-order valence-corrected chi connectivity index (χ0v) is 23.4. The van der Waals surface area contributed by atoms with Crippen LogP contribution in [-0.4, -0.2) is 33.1 Å². The highest BCUT2D eigenvalue weighted by Crippen LogP contribution is 2.32. The normalized spacial score (nSPS) is 11.7. The second kappa shape index (κ2) is 11.9. The van der Waals surface area contributed by atoms with E-state index in [1.807, 2.05) is 29.6 Å². The fourth-order valence-corrected chi connectivity index (χ4v) is 6.01. The summed E-state index contributed by atoms with van der Waals surface area (Å²) in [5.74, 6) is -1.74. The Morgan fingerprint density at radius 3 is 2.40 bits per heavy atom. The minimum atomic E-state index is -1.10. The molecule has 0 saturated carbocycles. The van der Waals surface area contributed by atoms with Crippen molar-refractivity contribution in [2.75, 3.05) is 10.6 Å². The zero-order valence-electron chi connectivity index (χ0n) is 21.1. The first-order valence-corrected chi connectivity index (χ1v) is 14.3. The molecule has 0 spiro atoms. The molecule has 10 heteroatoms. The van der Waals surface area contributed by atoms with Gasteiger partial charge in [0.1, 0.15) is 0 Å². The van der Waals surface area contributed by atoms with Gasteiger partial charge in [-0.2, -0.15) is 0 Å². The van der Waals surface area contributed by atoms with E-state index in [9.17, 15) is 19.5 Å². The average molecular weight is 588 g/mol. The summed E-state index contributed by atoms with van der Waals surface area (Å²) in [6.07, 6.45) is 0. The molecule has 3 N–H and O–H groups in total. The summed E-state index contributed by atoms with van der Waals surface area (Å²) < 4.78 is 0. The lowest BCUT2D eigenvalue weighted by Crippen LogP contribution is -2.22. The molecular formula is C30H22ClN3O4S2. The Kier molecular flexibility index (Phi) is 8.16. The molecule has 2 amide bonds. The second-order valence-corrected chi connectivity index (χ2v) is 11.4. The van der Waals surface area contributed by atoms with Crippen LogP contribution in [0, 0.1) is 0 Å². The summed E-state index contributed by atoms with van der Waals surface area (Å²) in [4.78, 5) is 43.1. The summed E-state index contributed by atoms with van der Waals surface area (Å²) in [6, 6.07) is 24.5. The van der Waals surface area contributed by atoms with E-state index in [2.05, 4.69) is 15.6 Å². The van der Waals surface area contributed by atoms with Gasteiger partial charge < -0.3 is 15.7 Å². The summed E-state index contributed by atoms with van der Waals surface area (Å²) in [7, 11) is 0. The van der Waals surface area contributed by atoms with Crippen LogP contribution in [0.4, 0.5) is 10.8 Å². The van der Waals surface area contributed by atoms with Crippen molar-refractivity contribution in [3.05, 3.63) is 106 Å². The lowest BCUT2D eigenvalue weighted by atomic mass is 9.98. The molecule has 1 atom stereocenters. The zero-order chi connectivity index (χ0) is 28.2. The summed E-state index contributed by atoms with van der Waals surface area (Å²) in [5, 5.41) is 18.8. The first kappa shape index (κ1) is 27.4. The largest absolute Gasteiger partial charge is 0.478 e. The molecule has 0 fully saturated rings. The number of hydrogen-bond acceptors (Lipinski definition) is 6. The Morgan fingerprint density at radius 2 is 1.65 bits per heavy atom. The van der Waals surface area contributed by atoms with Crippen LogP contribution in [0.5, 0.6) is 0 Å². The Hall–Kier alpha value is -4.18. The third kappa shape index (κ3) is 6.02. The van der Waals surface area contributed by atoms with Gasteiger partial charge in [-0.3, -0.25) is 9.59 Å². The molecule has 4 aromatic carbocycles. The van der Waals surface area contributed by atoms with Crippen molar-refractivity contribution in [2.24, 2.45) is 0 Å². The second-order valence-electron chi connectivity index (χ2n) is 8.76. The van der Waals surface area contributed by atoms with Gasteiger partial charge in [-0.05, 0) is 48.7 Å². The number of nitrogens with one attached hydrogen (secondary N) is 2. The van der Waals surface area contributed by atoms with Crippen LogP contribution in [0.3, 0.4) is 0 Å². The van der Waals surface area contributed by atoms with Crippen molar-refractivity contribution >= 4 is 74.1 Å². The van der Waals surface area contributed by atoms with Gasteiger partial charge in [-0.1, -0.05) is 60.1 Å². The van der Waals surface area contributed by atoms with Crippen LogP contribution < -0.4 is 10.6 Å². The number of thioether (sulfide) groups is 1. The van der Waals surface area contributed by atoms with Gasteiger partial charge in [0.15, 0.2) is 5.13 Å². The number of aromatic carboxylic acids is 1. The van der Waals surface area contributed by atoms with E-state index in [0.717, 1.165) is 10.5 Å². The maximum Gasteiger partial charge on any atom is 0.336 e. The predicted octanol–water partition coefficient (Wildman–Crippen LogP) is 7.69. The smallest absolute Gasteiger partial charge is 0.336 e. The Labute approximate surface area is 243 Å². The van der Waals surface area contributed by atoms with Crippen LogP contribution in [0.15, 0.2) is 95.2 Å². The van der Waals surface area contributed by atoms with Gasteiger partial charge >= 0.3 is 5.97 Å². The molecular weight excluding hydrogens is 566 g/mol. The molecule has 200 valence electrons. The molecule has 0 aliphatic heterocycles. The molecule has 40 heavy (non-hydrogen) atoms. The molecule has 7 nitrogen and oxygen atoms in total. The summed E-state index contributed by atoms with van der Waals surface area (Å²) in [5.41, 5.74) is 2.34. The molecule has 5 aromatic rings. The highest BCUT2D eigenvalue weighted by Gasteiger charge is 2.19. The molecule has 0 saturated heterocycles. The maximum absolute atomic E-state index is 13.2. The molecule has 0 aliphatic carbocycles. The van der Waals surface area contributed by atoms with Gasteiger partial charge in [0, 0.05) is 37.5 Å². The van der Waals surface area contributed by atoms with E-state index >= 15 is 0 Å². The van der Waals surface area contributed by atoms with Crippen molar-refractivity contribution in [1.29, 1.82) is 0 Å². The number of carbonyl (C=O) groups is 3. The lowest BCUT2D eigenvalue weighted by molar-refractivity contribution is -0.115. The van der Waals surface area contributed by atoms with Crippen molar-refractivity contribution in [3.63, 3.8) is 0 Å². The Bertz CT molecular complexity index is 1750. The number of hydrogen-bond donors (Lipinski definition) is 3. The molecule has 0 bridgehead atoms. The van der Waals surface area contributed by atoms with Crippen molar-refractivity contribution in [1.82, 2.24) is 4.98 Å². The number of anilines is 2. The van der Waals surface area contributed by atoms with Crippen molar-refractivity contribution in [2.45, 2.75) is 17.1 Å². The fourth-order valence-electron chi connectivity index (χ4n) is 4.14. The van der Waals surface area contributed by atoms with E-state index in [1.165, 1.54) is 29.2 Å². The molecule has 1 heterocycles. The number of aromatic nitrogens is 1. The highest BCUT2D eigenvalue weighted by atomic mass is 35.5. The van der Waals surface area contributed by atoms with Crippen LogP contribution in [-0.2, 0) is 4.79 Å². The van der Waals surface area contributed by atoms with Crippen LogP contribution in [0.2, 0.25) is 5.02 Å². The molecule has 5 rings (SSSR count). The molecule has 1 aromatic heterocycles. The molecule has 0 aliphatic rings. The quantitative estimate of drug-likeness (QED) is 0.161. The summed E-state index contributed by atoms with van der Waals surface area (Å²) >= 11 is 8.92. The standard InChI is InChI=1S/C30H22ClN3O4S2/c1-17(27(35)34-30-33-25(16-39-30)21-11-2-3-14-24(21)31)40-20-10-6-9-19(15-20)32-28(36)22-12-4-7-18-8-5-13-23(26(18)22)29(37)38/h2-17H,1H3,(H,32,36)(H,37,38)(H,33,34,35). The van der Waals surface area contributed by atoms with E-state index < -0.39 is 17.1 Å². The Morgan fingerprint density at radius 1 is 0.925 bits per heavy atom. The number of halogens is 1. The summed E-state index contributed by atoms with van der Waals surface area (Å²) in [6.45, 7) is 1.79. The van der Waals surface area contributed by atoms with E-state index in [4.69, 9.17) is 11.6 Å². The minimum absolute atomic E-state index is 0.0617. The van der Waals surface area contributed by atoms with Crippen LogP contribution in [0.25, 0.3) is 22.0 Å². The lowest BCUT2D eigenvalue weighted by Gasteiger charge is -2.13. The number of rotatable bonds is 8. The molecule has 1 unspecified atom stereocenters. The number of carbonyl (C=O) groups excluding carboxylic acids is 2. The first-order chi connectivity index (χ1) is 19.3. The minimum Gasteiger partial charge on any atom is -0.478 e. The maximum atomic E-state index is 13.2. The number of benzene rings is 4. The van der Waals surface area contributed by atoms with E-state index in [0.29, 0.717) is 32.3 Å². The van der Waals surface area contributed by atoms with Crippen LogP contribution in [0.1, 0.15) is 27.6 Å². The number of thiazole rings is 1. The third-order valence-electron chi connectivity index (χ3n) is 6.04. The van der Waals surface area contributed by atoms with Gasteiger partial charge in [0.25, 0.3) is 5.91 Å². The highest BCUT2D eigenvalue weighted by molar-refractivity contribution is 8.00. The van der Waals surface area contributed by atoms with Crippen molar-refractivity contribution in [3.8, 4) is 11.3 Å². The van der Waals surface area contributed by atoms with Gasteiger partial charge in [0.2, 0.25) is 5.91 Å².